The molecule has 1 aliphatic rings. The minimum atomic E-state index is -0.491. The summed E-state index contributed by atoms with van der Waals surface area (Å²) in [5.74, 6) is 0.811. The van der Waals surface area contributed by atoms with Crippen LogP contribution in [0.2, 0.25) is 0 Å². The van der Waals surface area contributed by atoms with E-state index in [0.717, 1.165) is 16.8 Å². The fraction of sp³-hybridized carbons (Fsp3) is 0.136. The molecule has 8 heteroatoms. The first-order valence-electron chi connectivity index (χ1n) is 9.20. The highest BCUT2D eigenvalue weighted by Crippen LogP contribution is 2.36. The Labute approximate surface area is 173 Å². The SMILES string of the molecule is COC(=O)c1ccc(O)c(NC2NC(c3cccnc3)=Nc3ccc(OC)cc32)c1. The molecule has 152 valence electrons. The highest BCUT2D eigenvalue weighted by Gasteiger charge is 2.24. The molecule has 2 aromatic carbocycles. The van der Waals surface area contributed by atoms with Crippen LogP contribution in [-0.4, -0.2) is 36.1 Å². The maximum atomic E-state index is 11.9. The molecule has 4 rings (SSSR count). The average molecular weight is 404 g/mol. The standard InChI is InChI=1S/C22H20N4O4/c1-29-15-6-7-17-16(11-15)21(26-20(24-17)14-4-3-9-23-12-14)25-18-10-13(22(28)30-2)5-8-19(18)27/h3-12,21,25,27H,1-2H3,(H,24,26). The molecule has 2 heterocycles. The molecule has 0 bridgehead atoms. The number of aliphatic imine (C=N–C) groups is 1. The predicted molar refractivity (Wildman–Crippen MR) is 112 cm³/mol. The van der Waals surface area contributed by atoms with Gasteiger partial charge in [-0.05, 0) is 48.5 Å². The van der Waals surface area contributed by atoms with E-state index in [4.69, 9.17) is 14.5 Å². The third-order valence-corrected chi connectivity index (χ3v) is 4.71. The topological polar surface area (TPSA) is 105 Å². The largest absolute Gasteiger partial charge is 0.506 e. The Morgan fingerprint density at radius 2 is 2.03 bits per heavy atom. The monoisotopic (exact) mass is 404 g/mol. The zero-order valence-corrected chi connectivity index (χ0v) is 16.4. The molecule has 1 unspecified atom stereocenters. The molecule has 30 heavy (non-hydrogen) atoms. The molecule has 1 aliphatic heterocycles. The number of fused-ring (bicyclic) bond motifs is 1. The van der Waals surface area contributed by atoms with Crippen LogP contribution in [0.1, 0.15) is 27.7 Å². The van der Waals surface area contributed by atoms with Gasteiger partial charge in [-0.3, -0.25) is 4.98 Å². The summed E-state index contributed by atoms with van der Waals surface area (Å²) in [6.45, 7) is 0. The highest BCUT2D eigenvalue weighted by atomic mass is 16.5. The van der Waals surface area contributed by atoms with Crippen LogP contribution in [0.3, 0.4) is 0 Å². The maximum Gasteiger partial charge on any atom is 0.337 e. The smallest absolute Gasteiger partial charge is 0.337 e. The van der Waals surface area contributed by atoms with E-state index < -0.39 is 12.1 Å². The number of amidine groups is 1. The zero-order chi connectivity index (χ0) is 21.1. The third-order valence-electron chi connectivity index (χ3n) is 4.71. The van der Waals surface area contributed by atoms with Gasteiger partial charge < -0.3 is 25.2 Å². The van der Waals surface area contributed by atoms with E-state index in [1.807, 2.05) is 30.3 Å². The van der Waals surface area contributed by atoms with Crippen LogP contribution in [0, 0.1) is 0 Å². The molecule has 0 amide bonds. The van der Waals surface area contributed by atoms with Gasteiger partial charge in [0.05, 0.1) is 31.2 Å². The van der Waals surface area contributed by atoms with Gasteiger partial charge in [0.25, 0.3) is 0 Å². The summed E-state index contributed by atoms with van der Waals surface area (Å²) in [7, 11) is 2.90. The van der Waals surface area contributed by atoms with Crippen molar-refractivity contribution in [2.75, 3.05) is 19.5 Å². The lowest BCUT2D eigenvalue weighted by Crippen LogP contribution is -2.36. The van der Waals surface area contributed by atoms with Crippen LogP contribution in [0.25, 0.3) is 0 Å². The molecule has 0 saturated carbocycles. The Morgan fingerprint density at radius 1 is 1.17 bits per heavy atom. The summed E-state index contributed by atoms with van der Waals surface area (Å²) < 4.78 is 10.1. The second kappa shape index (κ2) is 8.12. The first-order valence-corrected chi connectivity index (χ1v) is 9.20. The summed E-state index contributed by atoms with van der Waals surface area (Å²) in [6, 6.07) is 13.8. The number of carbonyl (C=O) groups excluding carboxylic acids is 1. The van der Waals surface area contributed by atoms with E-state index in [1.54, 1.807) is 19.5 Å². The van der Waals surface area contributed by atoms with Crippen molar-refractivity contribution in [3.8, 4) is 11.5 Å². The number of nitrogens with one attached hydrogen (secondary N) is 2. The predicted octanol–water partition coefficient (Wildman–Crippen LogP) is 3.37. The lowest BCUT2D eigenvalue weighted by atomic mass is 10.1. The Morgan fingerprint density at radius 3 is 2.77 bits per heavy atom. The quantitative estimate of drug-likeness (QED) is 0.442. The first-order chi connectivity index (χ1) is 14.6. The van der Waals surface area contributed by atoms with Crippen LogP contribution in [-0.2, 0) is 4.74 Å². The number of ether oxygens (including phenoxy) is 2. The number of carbonyl (C=O) groups is 1. The Kier molecular flexibility index (Phi) is 5.21. The lowest BCUT2D eigenvalue weighted by molar-refractivity contribution is 0.0601. The summed E-state index contributed by atoms with van der Waals surface area (Å²) in [6.07, 6.45) is 2.95. The molecular formula is C22H20N4O4. The minimum Gasteiger partial charge on any atom is -0.506 e. The van der Waals surface area contributed by atoms with Crippen LogP contribution >= 0.6 is 0 Å². The summed E-state index contributed by atoms with van der Waals surface area (Å²) >= 11 is 0. The number of aromatic nitrogens is 1. The average Bonchev–Trinajstić information content (AvgIpc) is 2.80. The molecule has 8 nitrogen and oxygen atoms in total. The summed E-state index contributed by atoms with van der Waals surface area (Å²) in [5, 5.41) is 16.9. The Balaban J connectivity index is 1.74. The van der Waals surface area contributed by atoms with Gasteiger partial charge in [0, 0.05) is 23.5 Å². The number of anilines is 1. The summed E-state index contributed by atoms with van der Waals surface area (Å²) in [5.41, 5.74) is 3.08. The molecule has 0 spiro atoms. The lowest BCUT2D eigenvalue weighted by Gasteiger charge is -2.29. The van der Waals surface area contributed by atoms with E-state index in [9.17, 15) is 9.90 Å². The number of methoxy groups -OCH3 is 2. The van der Waals surface area contributed by atoms with Crippen LogP contribution in [0.15, 0.2) is 65.9 Å². The van der Waals surface area contributed by atoms with Gasteiger partial charge in [-0.2, -0.15) is 0 Å². The molecule has 1 atom stereocenters. The van der Waals surface area contributed by atoms with Gasteiger partial charge in [-0.1, -0.05) is 0 Å². The van der Waals surface area contributed by atoms with Crippen LogP contribution in [0.5, 0.6) is 11.5 Å². The molecule has 3 N–H and O–H groups in total. The van der Waals surface area contributed by atoms with Crippen molar-refractivity contribution < 1.29 is 19.4 Å². The number of rotatable bonds is 5. The number of pyridine rings is 1. The molecule has 0 saturated heterocycles. The second-order valence-corrected chi connectivity index (χ2v) is 6.57. The number of phenolic OH excluding ortho intramolecular Hbond substituents is 1. The van der Waals surface area contributed by atoms with Gasteiger partial charge >= 0.3 is 5.97 Å². The number of esters is 1. The fourth-order valence-corrected chi connectivity index (χ4v) is 3.18. The molecule has 3 aromatic rings. The van der Waals surface area contributed by atoms with Crippen molar-refractivity contribution in [2.45, 2.75) is 6.17 Å². The number of phenols is 1. The third kappa shape index (κ3) is 3.75. The van der Waals surface area contributed by atoms with Crippen molar-refractivity contribution in [3.63, 3.8) is 0 Å². The Bertz CT molecular complexity index is 1120. The van der Waals surface area contributed by atoms with Crippen LogP contribution < -0.4 is 15.4 Å². The van der Waals surface area contributed by atoms with Gasteiger partial charge in [0.2, 0.25) is 0 Å². The van der Waals surface area contributed by atoms with E-state index in [1.165, 1.54) is 25.3 Å². The maximum absolute atomic E-state index is 11.9. The van der Waals surface area contributed by atoms with Crippen molar-refractivity contribution in [2.24, 2.45) is 4.99 Å². The minimum absolute atomic E-state index is 0.000612. The van der Waals surface area contributed by atoms with Gasteiger partial charge in [0.1, 0.15) is 23.5 Å². The van der Waals surface area contributed by atoms with Gasteiger partial charge in [-0.25, -0.2) is 9.79 Å². The first kappa shape index (κ1) is 19.3. The molecule has 1 aromatic heterocycles. The van der Waals surface area contributed by atoms with Gasteiger partial charge in [0.15, 0.2) is 0 Å². The highest BCUT2D eigenvalue weighted by molar-refractivity contribution is 6.02. The molecule has 0 aliphatic carbocycles. The zero-order valence-electron chi connectivity index (χ0n) is 16.4. The van der Waals surface area contributed by atoms with E-state index in [-0.39, 0.29) is 5.75 Å². The molecular weight excluding hydrogens is 384 g/mol. The summed E-state index contributed by atoms with van der Waals surface area (Å²) in [4.78, 5) is 20.8. The number of hydrogen-bond acceptors (Lipinski definition) is 8. The van der Waals surface area contributed by atoms with Crippen molar-refractivity contribution in [3.05, 3.63) is 77.6 Å². The Hall–Kier alpha value is -4.07. The number of benzene rings is 2. The number of aromatic hydroxyl groups is 1. The van der Waals surface area contributed by atoms with Gasteiger partial charge in [-0.15, -0.1) is 0 Å². The second-order valence-electron chi connectivity index (χ2n) is 6.57. The normalized spacial score (nSPS) is 14.7. The van der Waals surface area contributed by atoms with E-state index in [2.05, 4.69) is 15.6 Å². The van der Waals surface area contributed by atoms with Crippen molar-refractivity contribution >= 4 is 23.2 Å². The van der Waals surface area contributed by atoms with E-state index in [0.29, 0.717) is 22.8 Å². The molecule has 0 fully saturated rings. The number of hydrogen-bond donors (Lipinski definition) is 3. The van der Waals surface area contributed by atoms with Crippen molar-refractivity contribution in [1.29, 1.82) is 0 Å². The van der Waals surface area contributed by atoms with E-state index >= 15 is 0 Å². The molecule has 0 radical (unpaired) electrons. The van der Waals surface area contributed by atoms with Crippen LogP contribution in [0.4, 0.5) is 11.4 Å². The number of nitrogens with zero attached hydrogens (tertiary/aromatic N) is 2. The fourth-order valence-electron chi connectivity index (χ4n) is 3.18. The van der Waals surface area contributed by atoms with Crippen molar-refractivity contribution in [1.82, 2.24) is 10.3 Å².